The van der Waals surface area contributed by atoms with E-state index in [9.17, 15) is 0 Å². The lowest BCUT2D eigenvalue weighted by molar-refractivity contribution is -0.000868. The highest BCUT2D eigenvalue weighted by molar-refractivity contribution is 7.09. The fourth-order valence-electron chi connectivity index (χ4n) is 1.05. The van der Waals surface area contributed by atoms with Gasteiger partial charge >= 0.3 is 0 Å². The van der Waals surface area contributed by atoms with Crippen molar-refractivity contribution < 1.29 is 4.74 Å². The Balaban J connectivity index is 2.00. The van der Waals surface area contributed by atoms with Gasteiger partial charge in [-0.25, -0.2) is 0 Å². The van der Waals surface area contributed by atoms with Gasteiger partial charge in [-0.3, -0.25) is 0 Å². The first-order valence-corrected chi connectivity index (χ1v) is 5.83. The molecule has 1 rings (SSSR count). The number of rotatable bonds is 5. The van der Waals surface area contributed by atoms with Gasteiger partial charge < -0.3 is 10.1 Å². The van der Waals surface area contributed by atoms with Gasteiger partial charge in [0.1, 0.15) is 0 Å². The summed E-state index contributed by atoms with van der Waals surface area (Å²) in [6.45, 7) is 8.86. The first kappa shape index (κ1) is 11.7. The van der Waals surface area contributed by atoms with E-state index in [1.54, 1.807) is 11.3 Å². The summed E-state index contributed by atoms with van der Waals surface area (Å²) in [5, 5.41) is 5.45. The molecule has 0 saturated carbocycles. The van der Waals surface area contributed by atoms with Crippen molar-refractivity contribution in [3.05, 3.63) is 22.4 Å². The van der Waals surface area contributed by atoms with Crippen LogP contribution in [0.3, 0.4) is 0 Å². The second-order valence-electron chi connectivity index (χ2n) is 4.22. The predicted octanol–water partition coefficient (Wildman–Crippen LogP) is 2.65. The molecule has 0 aromatic carbocycles. The van der Waals surface area contributed by atoms with Gasteiger partial charge in [0.15, 0.2) is 0 Å². The molecule has 0 unspecified atom stereocenters. The molecule has 0 amide bonds. The van der Waals surface area contributed by atoms with Crippen LogP contribution in [0.15, 0.2) is 17.5 Å². The lowest BCUT2D eigenvalue weighted by Crippen LogP contribution is -2.26. The van der Waals surface area contributed by atoms with Gasteiger partial charge in [-0.05, 0) is 32.2 Å². The fourth-order valence-corrected chi connectivity index (χ4v) is 1.73. The molecule has 0 spiro atoms. The van der Waals surface area contributed by atoms with E-state index in [1.807, 2.05) is 0 Å². The Morgan fingerprint density at radius 1 is 1.43 bits per heavy atom. The van der Waals surface area contributed by atoms with Crippen LogP contribution in [0.25, 0.3) is 0 Å². The summed E-state index contributed by atoms with van der Waals surface area (Å²) in [6.07, 6.45) is 0. The molecule has 14 heavy (non-hydrogen) atoms. The van der Waals surface area contributed by atoms with Crippen LogP contribution in [-0.4, -0.2) is 18.8 Å². The van der Waals surface area contributed by atoms with Crippen molar-refractivity contribution in [3.8, 4) is 0 Å². The number of hydrogen-bond donors (Lipinski definition) is 1. The molecule has 0 bridgehead atoms. The third-order valence-corrected chi connectivity index (χ3v) is 2.57. The summed E-state index contributed by atoms with van der Waals surface area (Å²) < 4.78 is 5.59. The van der Waals surface area contributed by atoms with E-state index < -0.39 is 0 Å². The van der Waals surface area contributed by atoms with Crippen molar-refractivity contribution in [3.63, 3.8) is 0 Å². The third kappa shape index (κ3) is 5.37. The molecule has 1 aromatic heterocycles. The standard InChI is InChI=1S/C11H19NOS/c1-11(2,3)13-7-6-12-9-10-5-4-8-14-10/h4-5,8,12H,6-7,9H2,1-3H3. The van der Waals surface area contributed by atoms with Crippen molar-refractivity contribution in [2.45, 2.75) is 32.9 Å². The number of nitrogens with one attached hydrogen (secondary N) is 1. The van der Waals surface area contributed by atoms with Gasteiger partial charge in [0.25, 0.3) is 0 Å². The van der Waals surface area contributed by atoms with Gasteiger partial charge in [0.2, 0.25) is 0 Å². The van der Waals surface area contributed by atoms with Crippen LogP contribution in [0.4, 0.5) is 0 Å². The Labute approximate surface area is 90.3 Å². The van der Waals surface area contributed by atoms with Gasteiger partial charge in [-0.1, -0.05) is 6.07 Å². The van der Waals surface area contributed by atoms with E-state index in [2.05, 4.69) is 43.6 Å². The summed E-state index contributed by atoms with van der Waals surface area (Å²) >= 11 is 1.78. The molecule has 80 valence electrons. The van der Waals surface area contributed by atoms with Gasteiger partial charge in [-0.2, -0.15) is 0 Å². The average Bonchev–Trinajstić information content (AvgIpc) is 2.54. The second-order valence-corrected chi connectivity index (χ2v) is 5.25. The van der Waals surface area contributed by atoms with Crippen molar-refractivity contribution in [1.29, 1.82) is 0 Å². The molecule has 1 heterocycles. The first-order chi connectivity index (χ1) is 6.58. The Bertz CT molecular complexity index is 238. The Morgan fingerprint density at radius 2 is 2.21 bits per heavy atom. The topological polar surface area (TPSA) is 21.3 Å². The zero-order valence-corrected chi connectivity index (χ0v) is 9.99. The summed E-state index contributed by atoms with van der Waals surface area (Å²) in [5.41, 5.74) is -0.0232. The minimum Gasteiger partial charge on any atom is -0.375 e. The van der Waals surface area contributed by atoms with Crippen LogP contribution < -0.4 is 5.32 Å². The van der Waals surface area contributed by atoms with Gasteiger partial charge in [0, 0.05) is 18.0 Å². The van der Waals surface area contributed by atoms with Crippen molar-refractivity contribution >= 4 is 11.3 Å². The highest BCUT2D eigenvalue weighted by Gasteiger charge is 2.08. The van der Waals surface area contributed by atoms with Crippen LogP contribution in [0.2, 0.25) is 0 Å². The first-order valence-electron chi connectivity index (χ1n) is 4.95. The van der Waals surface area contributed by atoms with E-state index in [1.165, 1.54) is 4.88 Å². The van der Waals surface area contributed by atoms with E-state index >= 15 is 0 Å². The third-order valence-electron chi connectivity index (χ3n) is 1.69. The van der Waals surface area contributed by atoms with E-state index in [-0.39, 0.29) is 5.60 Å². The van der Waals surface area contributed by atoms with Crippen LogP contribution in [0.1, 0.15) is 25.6 Å². The van der Waals surface area contributed by atoms with E-state index in [4.69, 9.17) is 4.74 Å². The number of hydrogen-bond acceptors (Lipinski definition) is 3. The predicted molar refractivity (Wildman–Crippen MR) is 61.7 cm³/mol. The maximum absolute atomic E-state index is 5.59. The quantitative estimate of drug-likeness (QED) is 0.759. The lowest BCUT2D eigenvalue weighted by Gasteiger charge is -2.19. The molecule has 0 aliphatic heterocycles. The average molecular weight is 213 g/mol. The molecule has 2 nitrogen and oxygen atoms in total. The second kappa shape index (κ2) is 5.49. The molecule has 3 heteroatoms. The summed E-state index contributed by atoms with van der Waals surface area (Å²) in [5.74, 6) is 0. The molecule has 0 atom stereocenters. The molecule has 0 radical (unpaired) electrons. The van der Waals surface area contributed by atoms with Gasteiger partial charge in [0.05, 0.1) is 12.2 Å². The summed E-state index contributed by atoms with van der Waals surface area (Å²) in [6, 6.07) is 4.22. The fraction of sp³-hybridized carbons (Fsp3) is 0.636. The van der Waals surface area contributed by atoms with Crippen molar-refractivity contribution in [2.24, 2.45) is 0 Å². The Hall–Kier alpha value is -0.380. The minimum absolute atomic E-state index is 0.0232. The molecule has 1 N–H and O–H groups in total. The maximum atomic E-state index is 5.59. The largest absolute Gasteiger partial charge is 0.375 e. The molecular formula is C11H19NOS. The molecule has 0 fully saturated rings. The normalized spacial score (nSPS) is 11.9. The van der Waals surface area contributed by atoms with E-state index in [0.29, 0.717) is 0 Å². The zero-order chi connectivity index (χ0) is 10.4. The SMILES string of the molecule is CC(C)(C)OCCNCc1cccs1. The molecular weight excluding hydrogens is 194 g/mol. The Morgan fingerprint density at radius 3 is 2.79 bits per heavy atom. The number of thiophene rings is 1. The maximum Gasteiger partial charge on any atom is 0.0599 e. The van der Waals surface area contributed by atoms with Gasteiger partial charge in [-0.15, -0.1) is 11.3 Å². The molecule has 0 aliphatic rings. The highest BCUT2D eigenvalue weighted by atomic mass is 32.1. The van der Waals surface area contributed by atoms with Crippen LogP contribution in [0, 0.1) is 0 Å². The summed E-state index contributed by atoms with van der Waals surface area (Å²) in [4.78, 5) is 1.38. The van der Waals surface area contributed by atoms with Crippen LogP contribution in [0.5, 0.6) is 0 Å². The van der Waals surface area contributed by atoms with Crippen LogP contribution >= 0.6 is 11.3 Å². The Kier molecular flexibility index (Phi) is 4.58. The highest BCUT2D eigenvalue weighted by Crippen LogP contribution is 2.07. The molecule has 0 saturated heterocycles. The smallest absolute Gasteiger partial charge is 0.0599 e. The minimum atomic E-state index is -0.0232. The lowest BCUT2D eigenvalue weighted by atomic mass is 10.2. The van der Waals surface area contributed by atoms with Crippen LogP contribution in [-0.2, 0) is 11.3 Å². The molecule has 0 aliphatic carbocycles. The van der Waals surface area contributed by atoms with Crippen molar-refractivity contribution in [2.75, 3.05) is 13.2 Å². The van der Waals surface area contributed by atoms with Crippen molar-refractivity contribution in [1.82, 2.24) is 5.32 Å². The monoisotopic (exact) mass is 213 g/mol. The number of ether oxygens (including phenoxy) is 1. The zero-order valence-electron chi connectivity index (χ0n) is 9.17. The molecule has 1 aromatic rings. The van der Waals surface area contributed by atoms with E-state index in [0.717, 1.165) is 19.7 Å². The summed E-state index contributed by atoms with van der Waals surface area (Å²) in [7, 11) is 0.